The van der Waals surface area contributed by atoms with Crippen molar-refractivity contribution >= 4 is 11.7 Å². The zero-order valence-corrected chi connectivity index (χ0v) is 14.4. The van der Waals surface area contributed by atoms with Crippen LogP contribution in [0.15, 0.2) is 6.07 Å². The van der Waals surface area contributed by atoms with Crippen LogP contribution in [0.1, 0.15) is 50.3 Å². The molecule has 0 aliphatic carbocycles. The monoisotopic (exact) mass is 315 g/mol. The maximum Gasteiger partial charge on any atom is 0.252 e. The Balaban J connectivity index is 1.80. The maximum absolute atomic E-state index is 12.7. The minimum absolute atomic E-state index is 0.133. The van der Waals surface area contributed by atoms with Crippen molar-refractivity contribution in [3.8, 4) is 0 Å². The number of likely N-dealkylation sites (tertiary alicyclic amines) is 1. The van der Waals surface area contributed by atoms with E-state index in [1.54, 1.807) is 4.52 Å². The molecule has 1 atom stereocenters. The predicted octanol–water partition coefficient (Wildman–Crippen LogP) is 2.32. The lowest BCUT2D eigenvalue weighted by molar-refractivity contribution is -0.135. The first kappa shape index (κ1) is 15.9. The number of carbonyl (C=O) groups is 1. The highest BCUT2D eigenvalue weighted by atomic mass is 16.2. The van der Waals surface area contributed by atoms with Crippen molar-refractivity contribution in [2.75, 3.05) is 6.54 Å². The third-order valence-electron chi connectivity index (χ3n) is 4.61. The van der Waals surface area contributed by atoms with Gasteiger partial charge >= 0.3 is 0 Å². The Labute approximate surface area is 136 Å². The molecule has 0 N–H and O–H groups in total. The van der Waals surface area contributed by atoms with Gasteiger partial charge in [-0.2, -0.15) is 4.98 Å². The van der Waals surface area contributed by atoms with Gasteiger partial charge in [-0.3, -0.25) is 4.79 Å². The topological polar surface area (TPSA) is 63.4 Å². The second-order valence-corrected chi connectivity index (χ2v) is 6.85. The van der Waals surface area contributed by atoms with Gasteiger partial charge in [0, 0.05) is 24.0 Å². The van der Waals surface area contributed by atoms with Crippen LogP contribution in [0.3, 0.4) is 0 Å². The number of amides is 1. The van der Waals surface area contributed by atoms with E-state index in [0.717, 1.165) is 30.8 Å². The molecule has 2 aromatic rings. The summed E-state index contributed by atoms with van der Waals surface area (Å²) in [5, 5.41) is 4.45. The van der Waals surface area contributed by atoms with E-state index in [1.165, 1.54) is 6.42 Å². The van der Waals surface area contributed by atoms with E-state index in [0.29, 0.717) is 23.6 Å². The second kappa shape index (κ2) is 6.26. The average Bonchev–Trinajstić information content (AvgIpc) is 2.89. The summed E-state index contributed by atoms with van der Waals surface area (Å²) in [6, 6.07) is 2.31. The number of aromatic nitrogens is 4. The summed E-state index contributed by atoms with van der Waals surface area (Å²) in [6.07, 6.45) is 3.65. The van der Waals surface area contributed by atoms with E-state index in [-0.39, 0.29) is 12.3 Å². The Morgan fingerprint density at radius 3 is 2.83 bits per heavy atom. The van der Waals surface area contributed by atoms with Crippen LogP contribution < -0.4 is 0 Å². The first-order valence-corrected chi connectivity index (χ1v) is 8.45. The highest BCUT2D eigenvalue weighted by Crippen LogP contribution is 2.23. The zero-order chi connectivity index (χ0) is 16.6. The van der Waals surface area contributed by atoms with Crippen molar-refractivity contribution in [1.29, 1.82) is 0 Å². The van der Waals surface area contributed by atoms with Crippen molar-refractivity contribution in [2.24, 2.45) is 5.92 Å². The number of nitrogens with zero attached hydrogens (tertiary/aromatic N) is 5. The van der Waals surface area contributed by atoms with Gasteiger partial charge in [0.25, 0.3) is 5.78 Å². The van der Waals surface area contributed by atoms with Crippen LogP contribution in [0.5, 0.6) is 0 Å². The summed E-state index contributed by atoms with van der Waals surface area (Å²) in [4.78, 5) is 23.6. The Bertz CT molecular complexity index is 721. The molecule has 23 heavy (non-hydrogen) atoms. The second-order valence-electron chi connectivity index (χ2n) is 6.85. The number of fused-ring (bicyclic) bond motifs is 1. The quantitative estimate of drug-likeness (QED) is 0.872. The summed E-state index contributed by atoms with van der Waals surface area (Å²) in [6.45, 7) is 9.14. The minimum Gasteiger partial charge on any atom is -0.339 e. The molecule has 1 saturated heterocycles. The van der Waals surface area contributed by atoms with Gasteiger partial charge in [0.2, 0.25) is 5.91 Å². The number of hydrogen-bond acceptors (Lipinski definition) is 4. The molecule has 0 aromatic carbocycles. The molecule has 0 spiro atoms. The molecule has 6 heteroatoms. The zero-order valence-electron chi connectivity index (χ0n) is 14.4. The molecule has 1 fully saturated rings. The number of hydrogen-bond donors (Lipinski definition) is 0. The maximum atomic E-state index is 12.7. The van der Waals surface area contributed by atoms with Gasteiger partial charge in [0.1, 0.15) is 0 Å². The fourth-order valence-electron chi connectivity index (χ4n) is 3.48. The van der Waals surface area contributed by atoms with Gasteiger partial charge in [-0.1, -0.05) is 13.8 Å². The molecule has 3 rings (SSSR count). The Kier molecular flexibility index (Phi) is 4.33. The molecule has 0 radical (unpaired) electrons. The summed E-state index contributed by atoms with van der Waals surface area (Å²) >= 11 is 0. The lowest BCUT2D eigenvalue weighted by Gasteiger charge is -2.38. The molecule has 0 bridgehead atoms. The molecule has 0 unspecified atom stereocenters. The van der Waals surface area contributed by atoms with Gasteiger partial charge in [-0.15, -0.1) is 5.10 Å². The number of carbonyl (C=O) groups excluding carboxylic acids is 1. The third-order valence-corrected chi connectivity index (χ3v) is 4.61. The first-order valence-electron chi connectivity index (χ1n) is 8.45. The molecule has 1 aliphatic heterocycles. The van der Waals surface area contributed by atoms with Crippen molar-refractivity contribution in [3.05, 3.63) is 23.3 Å². The van der Waals surface area contributed by atoms with Crippen LogP contribution in [0, 0.1) is 19.8 Å². The molecule has 1 amide bonds. The van der Waals surface area contributed by atoms with Gasteiger partial charge < -0.3 is 4.90 Å². The smallest absolute Gasteiger partial charge is 0.252 e. The highest BCUT2D eigenvalue weighted by Gasteiger charge is 2.29. The van der Waals surface area contributed by atoms with Gasteiger partial charge in [0.05, 0.1) is 6.42 Å². The molecule has 0 saturated carbocycles. The first-order chi connectivity index (χ1) is 11.0. The summed E-state index contributed by atoms with van der Waals surface area (Å²) in [5.41, 5.74) is 1.90. The molecule has 1 aliphatic rings. The molecular formula is C17H25N5O. The standard InChI is InChI=1S/C17H25N5O/c1-11(2)14-7-5-6-8-21(14)16(23)10-15-19-17-18-12(3)9-13(4)22(17)20-15/h9,11,14H,5-8,10H2,1-4H3/t14-/m0/s1. The van der Waals surface area contributed by atoms with Crippen LogP contribution in [0.2, 0.25) is 0 Å². The van der Waals surface area contributed by atoms with Gasteiger partial charge in [-0.05, 0) is 45.1 Å². The SMILES string of the molecule is Cc1cc(C)n2nc(CC(=O)N3CCCC[C@H]3C(C)C)nc2n1. The molecule has 3 heterocycles. The minimum atomic E-state index is 0.133. The van der Waals surface area contributed by atoms with Crippen LogP contribution in [0.25, 0.3) is 5.78 Å². The van der Waals surface area contributed by atoms with Crippen molar-refractivity contribution in [3.63, 3.8) is 0 Å². The largest absolute Gasteiger partial charge is 0.339 e. The highest BCUT2D eigenvalue weighted by molar-refractivity contribution is 5.78. The molecular weight excluding hydrogens is 290 g/mol. The van der Waals surface area contributed by atoms with Crippen molar-refractivity contribution in [1.82, 2.24) is 24.5 Å². The third kappa shape index (κ3) is 3.21. The molecule has 124 valence electrons. The number of piperidine rings is 1. The van der Waals surface area contributed by atoms with Crippen molar-refractivity contribution < 1.29 is 4.79 Å². The van der Waals surface area contributed by atoms with E-state index < -0.39 is 0 Å². The normalized spacial score (nSPS) is 18.8. The summed E-state index contributed by atoms with van der Waals surface area (Å²) < 4.78 is 1.71. The van der Waals surface area contributed by atoms with E-state index in [4.69, 9.17) is 0 Å². The molecule has 2 aromatic heterocycles. The fraction of sp³-hybridized carbons (Fsp3) is 0.647. The van der Waals surface area contributed by atoms with Crippen LogP contribution in [-0.2, 0) is 11.2 Å². The Hall–Kier alpha value is -1.98. The Morgan fingerprint density at radius 2 is 2.09 bits per heavy atom. The van der Waals surface area contributed by atoms with E-state index in [1.807, 2.05) is 24.8 Å². The van der Waals surface area contributed by atoms with Crippen LogP contribution in [-0.4, -0.2) is 43.0 Å². The average molecular weight is 315 g/mol. The van der Waals surface area contributed by atoms with Gasteiger partial charge in [0.15, 0.2) is 5.82 Å². The van der Waals surface area contributed by atoms with Crippen molar-refractivity contribution in [2.45, 2.75) is 59.4 Å². The van der Waals surface area contributed by atoms with E-state index in [9.17, 15) is 4.79 Å². The van der Waals surface area contributed by atoms with Crippen LogP contribution >= 0.6 is 0 Å². The predicted molar refractivity (Wildman–Crippen MR) is 88.2 cm³/mol. The lowest BCUT2D eigenvalue weighted by Crippen LogP contribution is -2.47. The fourth-order valence-corrected chi connectivity index (χ4v) is 3.48. The number of rotatable bonds is 3. The van der Waals surface area contributed by atoms with E-state index in [2.05, 4.69) is 28.9 Å². The Morgan fingerprint density at radius 1 is 1.30 bits per heavy atom. The molecule has 6 nitrogen and oxygen atoms in total. The summed E-state index contributed by atoms with van der Waals surface area (Å²) in [5.74, 6) is 1.75. The number of aryl methyl sites for hydroxylation is 2. The van der Waals surface area contributed by atoms with Crippen LogP contribution in [0.4, 0.5) is 0 Å². The summed E-state index contributed by atoms with van der Waals surface area (Å²) in [7, 11) is 0. The van der Waals surface area contributed by atoms with E-state index >= 15 is 0 Å². The lowest BCUT2D eigenvalue weighted by atomic mass is 9.92. The van der Waals surface area contributed by atoms with Gasteiger partial charge in [-0.25, -0.2) is 9.50 Å².